The summed E-state index contributed by atoms with van der Waals surface area (Å²) in [7, 11) is -3.24. The molecule has 0 spiro atoms. The van der Waals surface area contributed by atoms with Crippen molar-refractivity contribution in [1.82, 2.24) is 0 Å². The van der Waals surface area contributed by atoms with Crippen LogP contribution in [0.4, 0.5) is 0 Å². The Bertz CT molecular complexity index is 551. The van der Waals surface area contributed by atoms with Gasteiger partial charge in [0.2, 0.25) is 0 Å². The molecule has 5 nitrogen and oxygen atoms in total. The monoisotopic (exact) mass is 271 g/mol. The summed E-state index contributed by atoms with van der Waals surface area (Å²) >= 11 is 0. The first-order valence-corrected chi connectivity index (χ1v) is 7.39. The molecule has 1 aromatic carbocycles. The van der Waals surface area contributed by atoms with Gasteiger partial charge in [-0.1, -0.05) is 12.1 Å². The number of carboxylic acids is 1. The second-order valence-corrected chi connectivity index (χ2v) is 6.32. The first kappa shape index (κ1) is 14.7. The van der Waals surface area contributed by atoms with Gasteiger partial charge in [-0.25, -0.2) is 8.42 Å². The van der Waals surface area contributed by atoms with Crippen LogP contribution in [-0.4, -0.2) is 25.7 Å². The zero-order chi connectivity index (χ0) is 13.9. The number of nitrogens with two attached hydrogens (primary N) is 1. The third-order valence-corrected chi connectivity index (χ3v) is 3.95. The number of aryl methyl sites for hydroxylation is 1. The van der Waals surface area contributed by atoms with E-state index in [0.29, 0.717) is 12.0 Å². The van der Waals surface area contributed by atoms with Crippen LogP contribution in [0.25, 0.3) is 0 Å². The van der Waals surface area contributed by atoms with Crippen molar-refractivity contribution in [1.29, 1.82) is 0 Å². The maximum Gasteiger partial charge on any atom is 0.303 e. The second-order valence-electron chi connectivity index (χ2n) is 4.34. The summed E-state index contributed by atoms with van der Waals surface area (Å²) in [6, 6.07) is 4.45. The van der Waals surface area contributed by atoms with Gasteiger partial charge in [0.1, 0.15) is 0 Å². The summed E-state index contributed by atoms with van der Waals surface area (Å²) in [4.78, 5) is 10.7. The van der Waals surface area contributed by atoms with Gasteiger partial charge in [0.05, 0.1) is 4.90 Å². The molecule has 0 radical (unpaired) electrons. The van der Waals surface area contributed by atoms with Crippen LogP contribution in [0, 0.1) is 6.92 Å². The van der Waals surface area contributed by atoms with Gasteiger partial charge in [-0.15, -0.1) is 0 Å². The fourth-order valence-corrected chi connectivity index (χ4v) is 2.72. The smallest absolute Gasteiger partial charge is 0.303 e. The number of rotatable bonds is 5. The van der Waals surface area contributed by atoms with E-state index >= 15 is 0 Å². The van der Waals surface area contributed by atoms with E-state index in [1.807, 2.05) is 0 Å². The lowest BCUT2D eigenvalue weighted by Crippen LogP contribution is -2.13. The summed E-state index contributed by atoms with van der Waals surface area (Å²) in [5.41, 5.74) is 7.24. The predicted molar refractivity (Wildman–Crippen MR) is 68.1 cm³/mol. The fraction of sp³-hybridized carbons (Fsp3) is 0.417. The van der Waals surface area contributed by atoms with Gasteiger partial charge in [0, 0.05) is 18.7 Å². The van der Waals surface area contributed by atoms with Gasteiger partial charge in [-0.2, -0.15) is 0 Å². The standard InChI is InChI=1S/C12H17NO4S/c1-8-7-9(10(13)4-6-12(14)15)3-5-11(8)18(2,16)17/h3,5,7,10H,4,6,13H2,1-2H3,(H,14,15). The van der Waals surface area contributed by atoms with Crippen molar-refractivity contribution in [2.75, 3.05) is 6.26 Å². The Kier molecular flexibility index (Phi) is 4.48. The predicted octanol–water partition coefficient (Wildman–Crippen LogP) is 1.26. The molecule has 0 heterocycles. The van der Waals surface area contributed by atoms with E-state index in [4.69, 9.17) is 10.8 Å². The lowest BCUT2D eigenvalue weighted by Gasteiger charge is -2.13. The van der Waals surface area contributed by atoms with E-state index in [1.54, 1.807) is 19.1 Å². The lowest BCUT2D eigenvalue weighted by atomic mass is 10.0. The van der Waals surface area contributed by atoms with Gasteiger partial charge in [-0.3, -0.25) is 4.79 Å². The molecular formula is C12H17NO4S. The molecule has 0 aliphatic carbocycles. The highest BCUT2D eigenvalue weighted by Gasteiger charge is 2.14. The maximum atomic E-state index is 11.4. The summed E-state index contributed by atoms with van der Waals surface area (Å²) in [5.74, 6) is -0.894. The Morgan fingerprint density at radius 1 is 1.44 bits per heavy atom. The van der Waals surface area contributed by atoms with Gasteiger partial charge in [0.25, 0.3) is 0 Å². The molecule has 3 N–H and O–H groups in total. The molecule has 0 aromatic heterocycles. The van der Waals surface area contributed by atoms with E-state index in [0.717, 1.165) is 11.8 Å². The van der Waals surface area contributed by atoms with Crippen LogP contribution in [0.2, 0.25) is 0 Å². The molecular weight excluding hydrogens is 254 g/mol. The molecule has 0 aliphatic rings. The Balaban J connectivity index is 2.94. The van der Waals surface area contributed by atoms with Crippen LogP contribution >= 0.6 is 0 Å². The van der Waals surface area contributed by atoms with Gasteiger partial charge >= 0.3 is 5.97 Å². The van der Waals surface area contributed by atoms with Crippen molar-refractivity contribution in [3.8, 4) is 0 Å². The Morgan fingerprint density at radius 2 is 2.06 bits per heavy atom. The van der Waals surface area contributed by atoms with Crippen LogP contribution in [-0.2, 0) is 14.6 Å². The Morgan fingerprint density at radius 3 is 2.50 bits per heavy atom. The minimum absolute atomic E-state index is 0.00591. The molecule has 1 unspecified atom stereocenters. The third-order valence-electron chi connectivity index (χ3n) is 2.70. The molecule has 1 aromatic rings. The molecule has 1 rings (SSSR count). The average Bonchev–Trinajstić information content (AvgIpc) is 2.23. The van der Waals surface area contributed by atoms with Crippen molar-refractivity contribution in [2.45, 2.75) is 30.7 Å². The van der Waals surface area contributed by atoms with Crippen LogP contribution in [0.3, 0.4) is 0 Å². The summed E-state index contributed by atoms with van der Waals surface area (Å²) < 4.78 is 22.9. The quantitative estimate of drug-likeness (QED) is 0.840. The minimum atomic E-state index is -3.24. The zero-order valence-corrected chi connectivity index (χ0v) is 11.2. The van der Waals surface area contributed by atoms with E-state index in [-0.39, 0.29) is 11.3 Å². The molecule has 100 valence electrons. The van der Waals surface area contributed by atoms with Gasteiger partial charge in [0.15, 0.2) is 9.84 Å². The Hall–Kier alpha value is -1.40. The number of sulfone groups is 1. The SMILES string of the molecule is Cc1cc(C(N)CCC(=O)O)ccc1S(C)(=O)=O. The van der Waals surface area contributed by atoms with Crippen molar-refractivity contribution in [2.24, 2.45) is 5.73 Å². The molecule has 0 bridgehead atoms. The van der Waals surface area contributed by atoms with Crippen molar-refractivity contribution < 1.29 is 18.3 Å². The van der Waals surface area contributed by atoms with E-state index in [1.165, 1.54) is 6.07 Å². The number of benzene rings is 1. The molecule has 0 saturated carbocycles. The number of hydrogen-bond acceptors (Lipinski definition) is 4. The third kappa shape index (κ3) is 3.82. The zero-order valence-electron chi connectivity index (χ0n) is 10.4. The molecule has 0 fully saturated rings. The highest BCUT2D eigenvalue weighted by Crippen LogP contribution is 2.22. The number of carbonyl (C=O) groups is 1. The van der Waals surface area contributed by atoms with E-state index in [9.17, 15) is 13.2 Å². The lowest BCUT2D eigenvalue weighted by molar-refractivity contribution is -0.137. The second kappa shape index (κ2) is 5.49. The molecule has 0 amide bonds. The number of carboxylic acid groups (broad SMARTS) is 1. The van der Waals surface area contributed by atoms with E-state index in [2.05, 4.69) is 0 Å². The minimum Gasteiger partial charge on any atom is -0.481 e. The first-order valence-electron chi connectivity index (χ1n) is 5.50. The summed E-state index contributed by atoms with van der Waals surface area (Å²) in [6.45, 7) is 1.70. The number of hydrogen-bond donors (Lipinski definition) is 2. The number of aliphatic carboxylic acids is 1. The first-order chi connectivity index (χ1) is 8.21. The normalized spacial score (nSPS) is 13.3. The van der Waals surface area contributed by atoms with Crippen molar-refractivity contribution >= 4 is 15.8 Å². The molecule has 0 aliphatic heterocycles. The maximum absolute atomic E-state index is 11.4. The summed E-state index contributed by atoms with van der Waals surface area (Å²) in [6.07, 6.45) is 1.47. The molecule has 18 heavy (non-hydrogen) atoms. The molecule has 1 atom stereocenters. The molecule has 6 heteroatoms. The highest BCUT2D eigenvalue weighted by atomic mass is 32.2. The van der Waals surface area contributed by atoms with Crippen LogP contribution < -0.4 is 5.73 Å². The fourth-order valence-electron chi connectivity index (χ4n) is 1.76. The summed E-state index contributed by atoms with van der Waals surface area (Å²) in [5, 5.41) is 8.58. The average molecular weight is 271 g/mol. The largest absolute Gasteiger partial charge is 0.481 e. The topological polar surface area (TPSA) is 97.5 Å². The van der Waals surface area contributed by atoms with Crippen LogP contribution in [0.15, 0.2) is 23.1 Å². The van der Waals surface area contributed by atoms with Crippen molar-refractivity contribution in [3.05, 3.63) is 29.3 Å². The molecule has 0 saturated heterocycles. The van der Waals surface area contributed by atoms with E-state index < -0.39 is 21.8 Å². The van der Waals surface area contributed by atoms with Gasteiger partial charge < -0.3 is 10.8 Å². The Labute approximate surface area is 107 Å². The highest BCUT2D eigenvalue weighted by molar-refractivity contribution is 7.90. The van der Waals surface area contributed by atoms with Crippen LogP contribution in [0.1, 0.15) is 30.0 Å². The van der Waals surface area contributed by atoms with Gasteiger partial charge in [-0.05, 0) is 30.5 Å². The van der Waals surface area contributed by atoms with Crippen molar-refractivity contribution in [3.63, 3.8) is 0 Å². The van der Waals surface area contributed by atoms with Crippen LogP contribution in [0.5, 0.6) is 0 Å².